The second-order valence-corrected chi connectivity index (χ2v) is 3.67. The number of amides is 1. The van der Waals surface area contributed by atoms with Gasteiger partial charge in [0, 0.05) is 12.1 Å². The Morgan fingerprint density at radius 1 is 1.53 bits per heavy atom. The first-order valence-electron chi connectivity index (χ1n) is 5.12. The molecule has 9 heteroatoms. The summed E-state index contributed by atoms with van der Waals surface area (Å²) in [6.45, 7) is 1.68. The minimum atomic E-state index is -0.665. The fourth-order valence-corrected chi connectivity index (χ4v) is 1.35. The molecule has 0 atom stereocenters. The van der Waals surface area contributed by atoms with Crippen LogP contribution in [0.3, 0.4) is 0 Å². The summed E-state index contributed by atoms with van der Waals surface area (Å²) in [5.41, 5.74) is 5.66. The molecule has 1 amide bonds. The summed E-state index contributed by atoms with van der Waals surface area (Å²) < 4.78 is 4.80. The summed E-state index contributed by atoms with van der Waals surface area (Å²) in [5, 5.41) is 16.6. The van der Waals surface area contributed by atoms with Crippen molar-refractivity contribution in [2.24, 2.45) is 0 Å². The van der Waals surface area contributed by atoms with Crippen LogP contribution in [0.25, 0.3) is 0 Å². The summed E-state index contributed by atoms with van der Waals surface area (Å²) in [6.07, 6.45) is 0.977. The molecule has 19 heavy (non-hydrogen) atoms. The van der Waals surface area contributed by atoms with Gasteiger partial charge >= 0.3 is 0 Å². The molecule has 0 saturated carbocycles. The Morgan fingerprint density at radius 2 is 2.26 bits per heavy atom. The predicted molar refractivity (Wildman–Crippen MR) is 64.5 cm³/mol. The molecule has 9 nitrogen and oxygen atoms in total. The molecule has 0 aliphatic carbocycles. The van der Waals surface area contributed by atoms with Gasteiger partial charge in [-0.25, -0.2) is 4.98 Å². The first kappa shape index (κ1) is 12.5. The van der Waals surface area contributed by atoms with Crippen molar-refractivity contribution in [2.75, 3.05) is 11.1 Å². The smallest absolute Gasteiger partial charge is 0.288 e. The maximum absolute atomic E-state index is 11.9. The van der Waals surface area contributed by atoms with Crippen LogP contribution in [-0.4, -0.2) is 21.0 Å². The van der Waals surface area contributed by atoms with Crippen LogP contribution >= 0.6 is 0 Å². The Morgan fingerprint density at radius 3 is 2.84 bits per heavy atom. The number of nitrogen functional groups attached to an aromatic ring is 1. The zero-order valence-corrected chi connectivity index (χ0v) is 9.78. The molecule has 2 aromatic heterocycles. The van der Waals surface area contributed by atoms with E-state index in [4.69, 9.17) is 10.3 Å². The summed E-state index contributed by atoms with van der Waals surface area (Å²) >= 11 is 0. The summed E-state index contributed by atoms with van der Waals surface area (Å²) in [6, 6.07) is 2.54. The number of hydrogen-bond acceptors (Lipinski definition) is 7. The second-order valence-electron chi connectivity index (χ2n) is 3.67. The van der Waals surface area contributed by atoms with Gasteiger partial charge in [0.2, 0.25) is 5.88 Å². The van der Waals surface area contributed by atoms with Crippen molar-refractivity contribution in [1.29, 1.82) is 0 Å². The molecule has 3 N–H and O–H groups in total. The zero-order chi connectivity index (χ0) is 14.0. The number of carbonyl (C=O) groups excluding carboxylic acids is 1. The number of hydrogen-bond donors (Lipinski definition) is 2. The lowest BCUT2D eigenvalue weighted by Crippen LogP contribution is -2.15. The minimum absolute atomic E-state index is 0.108. The SMILES string of the molecule is Cc1cc(NC(=O)c2cc([N+](=O)[O-])cnc2N)on1. The van der Waals surface area contributed by atoms with Crippen molar-refractivity contribution in [3.63, 3.8) is 0 Å². The maximum atomic E-state index is 11.9. The highest BCUT2D eigenvalue weighted by molar-refractivity contribution is 6.06. The van der Waals surface area contributed by atoms with Crippen molar-refractivity contribution in [3.05, 3.63) is 39.7 Å². The first-order chi connectivity index (χ1) is 8.97. The molecule has 0 aliphatic heterocycles. The van der Waals surface area contributed by atoms with E-state index in [-0.39, 0.29) is 23.0 Å². The average Bonchev–Trinajstić information content (AvgIpc) is 2.74. The van der Waals surface area contributed by atoms with E-state index in [2.05, 4.69) is 15.5 Å². The molecule has 0 bridgehead atoms. The Labute approximate surface area is 106 Å². The zero-order valence-electron chi connectivity index (χ0n) is 9.78. The first-order valence-corrected chi connectivity index (χ1v) is 5.12. The molecule has 0 fully saturated rings. The Balaban J connectivity index is 2.27. The van der Waals surface area contributed by atoms with E-state index in [9.17, 15) is 14.9 Å². The summed E-state index contributed by atoms with van der Waals surface area (Å²) in [5.74, 6) is -0.655. The van der Waals surface area contributed by atoms with Crippen LogP contribution in [0.15, 0.2) is 22.9 Å². The molecule has 0 aliphatic rings. The Bertz CT molecular complexity index is 651. The average molecular weight is 263 g/mol. The number of anilines is 2. The quantitative estimate of drug-likeness (QED) is 0.625. The van der Waals surface area contributed by atoms with Gasteiger partial charge in [-0.1, -0.05) is 5.16 Å². The molecular formula is C10H9N5O4. The van der Waals surface area contributed by atoms with Gasteiger partial charge in [-0.15, -0.1) is 0 Å². The van der Waals surface area contributed by atoms with Crippen LogP contribution in [0.1, 0.15) is 16.1 Å². The van der Waals surface area contributed by atoms with Gasteiger partial charge in [-0.2, -0.15) is 0 Å². The number of nitrogens with one attached hydrogen (secondary N) is 1. The summed E-state index contributed by atoms with van der Waals surface area (Å²) in [7, 11) is 0. The predicted octanol–water partition coefficient (Wildman–Crippen LogP) is 1.12. The van der Waals surface area contributed by atoms with Gasteiger partial charge in [0.25, 0.3) is 11.6 Å². The number of aromatic nitrogens is 2. The molecule has 0 unspecified atom stereocenters. The third-order valence-corrected chi connectivity index (χ3v) is 2.22. The number of carbonyl (C=O) groups is 1. The molecule has 0 spiro atoms. The lowest BCUT2D eigenvalue weighted by Gasteiger charge is -2.03. The van der Waals surface area contributed by atoms with E-state index in [1.807, 2.05) is 0 Å². The summed E-state index contributed by atoms with van der Waals surface area (Å²) in [4.78, 5) is 25.4. The van der Waals surface area contributed by atoms with Gasteiger partial charge in [0.05, 0.1) is 16.2 Å². The molecule has 2 rings (SSSR count). The molecular weight excluding hydrogens is 254 g/mol. The van der Waals surface area contributed by atoms with Crippen LogP contribution in [0.4, 0.5) is 17.4 Å². The van der Waals surface area contributed by atoms with Crippen LogP contribution in [0, 0.1) is 17.0 Å². The van der Waals surface area contributed by atoms with Gasteiger partial charge < -0.3 is 10.3 Å². The number of rotatable bonds is 3. The third kappa shape index (κ3) is 2.65. The molecule has 2 heterocycles. The van der Waals surface area contributed by atoms with Gasteiger partial charge in [0.15, 0.2) is 0 Å². The van der Waals surface area contributed by atoms with Crippen molar-refractivity contribution >= 4 is 23.3 Å². The topological polar surface area (TPSA) is 137 Å². The normalized spacial score (nSPS) is 10.2. The van der Waals surface area contributed by atoms with Crippen LogP contribution < -0.4 is 11.1 Å². The Hall–Kier alpha value is -2.97. The Kier molecular flexibility index (Phi) is 3.10. The van der Waals surface area contributed by atoms with Gasteiger partial charge in [-0.05, 0) is 6.92 Å². The van der Waals surface area contributed by atoms with Crippen LogP contribution in [0.5, 0.6) is 0 Å². The van der Waals surface area contributed by atoms with Gasteiger partial charge in [-0.3, -0.25) is 20.2 Å². The van der Waals surface area contributed by atoms with Crippen LogP contribution in [-0.2, 0) is 0 Å². The van der Waals surface area contributed by atoms with Gasteiger partial charge in [0.1, 0.15) is 12.0 Å². The van der Waals surface area contributed by atoms with Crippen molar-refractivity contribution in [1.82, 2.24) is 10.1 Å². The lowest BCUT2D eigenvalue weighted by atomic mass is 10.2. The van der Waals surface area contributed by atoms with Crippen molar-refractivity contribution in [2.45, 2.75) is 6.92 Å². The minimum Gasteiger partial charge on any atom is -0.383 e. The second kappa shape index (κ2) is 4.72. The molecule has 2 aromatic rings. The molecule has 0 aromatic carbocycles. The lowest BCUT2D eigenvalue weighted by molar-refractivity contribution is -0.385. The third-order valence-electron chi connectivity index (χ3n) is 2.22. The van der Waals surface area contributed by atoms with Crippen molar-refractivity contribution in [3.8, 4) is 0 Å². The number of aryl methyl sites for hydroxylation is 1. The number of nitro groups is 1. The maximum Gasteiger partial charge on any atom is 0.288 e. The van der Waals surface area contributed by atoms with E-state index < -0.39 is 10.8 Å². The van der Waals surface area contributed by atoms with Crippen molar-refractivity contribution < 1.29 is 14.2 Å². The fourth-order valence-electron chi connectivity index (χ4n) is 1.35. The van der Waals surface area contributed by atoms with E-state index in [0.29, 0.717) is 5.69 Å². The molecule has 0 saturated heterocycles. The van der Waals surface area contributed by atoms with E-state index in [1.165, 1.54) is 6.07 Å². The van der Waals surface area contributed by atoms with Crippen LogP contribution in [0.2, 0.25) is 0 Å². The number of pyridine rings is 1. The largest absolute Gasteiger partial charge is 0.383 e. The number of nitrogens with two attached hydrogens (primary N) is 1. The van der Waals surface area contributed by atoms with E-state index in [0.717, 1.165) is 12.3 Å². The highest BCUT2D eigenvalue weighted by atomic mass is 16.6. The van der Waals surface area contributed by atoms with E-state index in [1.54, 1.807) is 6.92 Å². The molecule has 0 radical (unpaired) electrons. The highest BCUT2D eigenvalue weighted by Crippen LogP contribution is 2.18. The fraction of sp³-hybridized carbons (Fsp3) is 0.100. The highest BCUT2D eigenvalue weighted by Gasteiger charge is 2.17. The number of nitrogens with zero attached hydrogens (tertiary/aromatic N) is 3. The standard InChI is InChI=1S/C10H9N5O4/c1-5-2-8(19-14-5)13-10(16)7-3-6(15(17)18)4-12-9(7)11/h2-4H,1H3,(H2,11,12)(H,13,16). The monoisotopic (exact) mass is 263 g/mol. The van der Waals surface area contributed by atoms with E-state index >= 15 is 0 Å². The molecule has 98 valence electrons.